The van der Waals surface area contributed by atoms with E-state index in [1.54, 1.807) is 7.11 Å². The highest BCUT2D eigenvalue weighted by atomic mass is 16.5. The molecule has 0 spiro atoms. The molecule has 1 aromatic heterocycles. The van der Waals surface area contributed by atoms with Crippen LogP contribution in [0.2, 0.25) is 0 Å². The van der Waals surface area contributed by atoms with Crippen LogP contribution < -0.4 is 14.9 Å². The van der Waals surface area contributed by atoms with Gasteiger partial charge in [-0.05, 0) is 49.2 Å². The highest BCUT2D eigenvalue weighted by Gasteiger charge is 2.21. The number of hydrogen-bond donors (Lipinski definition) is 0. The first-order valence-electron chi connectivity index (χ1n) is 7.73. The number of methoxy groups -OCH3 is 1. The van der Waals surface area contributed by atoms with Crippen LogP contribution in [0.3, 0.4) is 0 Å². The summed E-state index contributed by atoms with van der Waals surface area (Å²) in [5.74, 6) is 1.47. The summed E-state index contributed by atoms with van der Waals surface area (Å²) < 4.78 is 13.2. The lowest BCUT2D eigenvalue weighted by atomic mass is 10.0. The number of hydrogen-bond acceptors (Lipinski definition) is 3. The van der Waals surface area contributed by atoms with Crippen LogP contribution in [0, 0.1) is 0 Å². The van der Waals surface area contributed by atoms with Gasteiger partial charge in [-0.3, -0.25) is 9.36 Å². The van der Waals surface area contributed by atoms with E-state index in [2.05, 4.69) is 0 Å². The molecule has 2 aromatic carbocycles. The average molecular weight is 307 g/mol. The predicted octanol–water partition coefficient (Wildman–Crippen LogP) is 3.32. The molecule has 0 N–H and O–H groups in total. The van der Waals surface area contributed by atoms with Gasteiger partial charge in [-0.1, -0.05) is 12.1 Å². The number of rotatable bonds is 2. The van der Waals surface area contributed by atoms with E-state index in [0.29, 0.717) is 12.5 Å². The lowest BCUT2D eigenvalue weighted by Crippen LogP contribution is -2.23. The molecular formula is C19H17NO3. The fraction of sp³-hybridized carbons (Fsp3) is 0.211. The zero-order valence-corrected chi connectivity index (χ0v) is 12.9. The maximum atomic E-state index is 12.7. The molecule has 0 saturated carbocycles. The lowest BCUT2D eigenvalue weighted by molar-refractivity contribution is 0.270. The highest BCUT2D eigenvalue weighted by Crippen LogP contribution is 2.31. The first kappa shape index (κ1) is 13.9. The minimum absolute atomic E-state index is 0.0834. The molecule has 116 valence electrons. The van der Waals surface area contributed by atoms with Gasteiger partial charge in [0, 0.05) is 11.1 Å². The van der Waals surface area contributed by atoms with Gasteiger partial charge < -0.3 is 9.47 Å². The second-order valence-corrected chi connectivity index (χ2v) is 5.62. The van der Waals surface area contributed by atoms with Crippen molar-refractivity contribution in [3.05, 3.63) is 64.3 Å². The van der Waals surface area contributed by atoms with Crippen LogP contribution in [0.4, 0.5) is 0 Å². The molecule has 0 saturated heterocycles. The molecule has 4 rings (SSSR count). The van der Waals surface area contributed by atoms with E-state index in [0.717, 1.165) is 40.7 Å². The zero-order chi connectivity index (χ0) is 15.8. The van der Waals surface area contributed by atoms with Crippen molar-refractivity contribution >= 4 is 10.9 Å². The van der Waals surface area contributed by atoms with Crippen molar-refractivity contribution < 1.29 is 9.47 Å². The summed E-state index contributed by atoms with van der Waals surface area (Å²) in [6, 6.07) is 15.5. The molecule has 1 aliphatic heterocycles. The molecule has 3 aromatic rings. The summed E-state index contributed by atoms with van der Waals surface area (Å²) in [6.07, 6.45) is 1.64. The SMILES string of the molecule is COc1ccc(-n2c3c(c(=O)c4ccccc42)CCCO3)cc1. The number of nitrogens with zero attached hydrogens (tertiary/aromatic N) is 1. The Morgan fingerprint density at radius 3 is 2.65 bits per heavy atom. The Hall–Kier alpha value is -2.75. The van der Waals surface area contributed by atoms with Gasteiger partial charge in [0.25, 0.3) is 0 Å². The maximum Gasteiger partial charge on any atom is 0.205 e. The molecule has 1 aliphatic rings. The van der Waals surface area contributed by atoms with Crippen LogP contribution in [0.1, 0.15) is 12.0 Å². The van der Waals surface area contributed by atoms with E-state index in [1.165, 1.54) is 0 Å². The van der Waals surface area contributed by atoms with E-state index in [-0.39, 0.29) is 5.43 Å². The summed E-state index contributed by atoms with van der Waals surface area (Å²) in [4.78, 5) is 12.7. The number of benzene rings is 2. The van der Waals surface area contributed by atoms with Gasteiger partial charge in [-0.25, -0.2) is 0 Å². The topological polar surface area (TPSA) is 40.5 Å². The van der Waals surface area contributed by atoms with Crippen molar-refractivity contribution in [2.24, 2.45) is 0 Å². The van der Waals surface area contributed by atoms with Crippen LogP contribution >= 0.6 is 0 Å². The monoisotopic (exact) mass is 307 g/mol. The normalized spacial score (nSPS) is 13.4. The second kappa shape index (κ2) is 5.47. The fourth-order valence-corrected chi connectivity index (χ4v) is 3.14. The van der Waals surface area contributed by atoms with Crippen molar-refractivity contribution in [1.82, 2.24) is 4.57 Å². The number of aromatic nitrogens is 1. The van der Waals surface area contributed by atoms with Gasteiger partial charge in [-0.15, -0.1) is 0 Å². The molecule has 0 bridgehead atoms. The second-order valence-electron chi connectivity index (χ2n) is 5.62. The molecule has 0 radical (unpaired) electrons. The standard InChI is InChI=1S/C19H17NO3/c1-22-14-10-8-13(9-11-14)20-17-7-3-2-5-15(17)18(21)16-6-4-12-23-19(16)20/h2-3,5,7-11H,4,6,12H2,1H3. The van der Waals surface area contributed by atoms with Gasteiger partial charge in [0.05, 0.1) is 24.8 Å². The van der Waals surface area contributed by atoms with E-state index >= 15 is 0 Å². The van der Waals surface area contributed by atoms with Crippen LogP contribution in [0.15, 0.2) is 53.3 Å². The largest absolute Gasteiger partial charge is 0.497 e. The molecule has 0 fully saturated rings. The summed E-state index contributed by atoms with van der Waals surface area (Å²) in [6.45, 7) is 0.640. The van der Waals surface area contributed by atoms with Gasteiger partial charge in [-0.2, -0.15) is 0 Å². The molecule has 4 nitrogen and oxygen atoms in total. The van der Waals surface area contributed by atoms with Crippen molar-refractivity contribution in [2.75, 3.05) is 13.7 Å². The fourth-order valence-electron chi connectivity index (χ4n) is 3.14. The number of para-hydroxylation sites is 1. The van der Waals surface area contributed by atoms with Gasteiger partial charge >= 0.3 is 0 Å². The number of ether oxygens (including phenoxy) is 2. The molecule has 0 amide bonds. The third kappa shape index (κ3) is 2.18. The Morgan fingerprint density at radius 1 is 1.09 bits per heavy atom. The van der Waals surface area contributed by atoms with Gasteiger partial charge in [0.15, 0.2) is 5.43 Å². The molecule has 0 atom stereocenters. The number of pyridine rings is 1. The summed E-state index contributed by atoms with van der Waals surface area (Å²) in [5, 5.41) is 0.729. The van der Waals surface area contributed by atoms with Crippen LogP contribution in [-0.4, -0.2) is 18.3 Å². The Bertz CT molecular complexity index is 926. The molecule has 0 aliphatic carbocycles. The van der Waals surface area contributed by atoms with E-state index in [9.17, 15) is 4.79 Å². The van der Waals surface area contributed by atoms with Crippen molar-refractivity contribution in [1.29, 1.82) is 0 Å². The Labute approximate surface area is 133 Å². The third-order valence-electron chi connectivity index (χ3n) is 4.27. The molecule has 4 heteroatoms. The molecule has 2 heterocycles. The Balaban J connectivity index is 2.07. The molecule has 23 heavy (non-hydrogen) atoms. The van der Waals surface area contributed by atoms with Crippen LogP contribution in [0.25, 0.3) is 16.6 Å². The van der Waals surface area contributed by atoms with E-state index < -0.39 is 0 Å². The minimum Gasteiger partial charge on any atom is -0.497 e. The van der Waals surface area contributed by atoms with Crippen molar-refractivity contribution in [2.45, 2.75) is 12.8 Å². The minimum atomic E-state index is 0.0834. The first-order chi connectivity index (χ1) is 11.3. The van der Waals surface area contributed by atoms with Gasteiger partial charge in [0.1, 0.15) is 5.75 Å². The third-order valence-corrected chi connectivity index (χ3v) is 4.27. The van der Waals surface area contributed by atoms with Crippen molar-refractivity contribution in [3.63, 3.8) is 0 Å². The average Bonchev–Trinajstić information content (AvgIpc) is 2.63. The predicted molar refractivity (Wildman–Crippen MR) is 89.9 cm³/mol. The Kier molecular flexibility index (Phi) is 3.30. The van der Waals surface area contributed by atoms with E-state index in [4.69, 9.17) is 9.47 Å². The first-order valence-corrected chi connectivity index (χ1v) is 7.73. The maximum absolute atomic E-state index is 12.7. The molecule has 0 unspecified atom stereocenters. The van der Waals surface area contributed by atoms with E-state index in [1.807, 2.05) is 53.1 Å². The summed E-state index contributed by atoms with van der Waals surface area (Å²) >= 11 is 0. The highest BCUT2D eigenvalue weighted by molar-refractivity contribution is 5.83. The summed E-state index contributed by atoms with van der Waals surface area (Å²) in [7, 11) is 1.65. The summed E-state index contributed by atoms with van der Waals surface area (Å²) in [5.41, 5.74) is 2.68. The van der Waals surface area contributed by atoms with Crippen molar-refractivity contribution in [3.8, 4) is 17.3 Å². The molecular weight excluding hydrogens is 290 g/mol. The zero-order valence-electron chi connectivity index (χ0n) is 12.9. The van der Waals surface area contributed by atoms with Crippen LogP contribution in [-0.2, 0) is 6.42 Å². The Morgan fingerprint density at radius 2 is 1.87 bits per heavy atom. The smallest absolute Gasteiger partial charge is 0.205 e. The van der Waals surface area contributed by atoms with Gasteiger partial charge in [0.2, 0.25) is 5.88 Å². The lowest BCUT2D eigenvalue weighted by Gasteiger charge is -2.23. The quantitative estimate of drug-likeness (QED) is 0.729. The van der Waals surface area contributed by atoms with Crippen LogP contribution in [0.5, 0.6) is 11.6 Å². The number of fused-ring (bicyclic) bond motifs is 2.